The Balaban J connectivity index is 4.40. The second kappa shape index (κ2) is 10.6. The highest BCUT2D eigenvalue weighted by molar-refractivity contribution is 5.85. The molecule has 1 amide bonds. The Labute approximate surface area is 128 Å². The molecule has 0 aliphatic heterocycles. The summed E-state index contributed by atoms with van der Waals surface area (Å²) >= 11 is 0. The van der Waals surface area contributed by atoms with Gasteiger partial charge in [0.25, 0.3) is 0 Å². The standard InChI is InChI=1S/C13H22N2O7/c1-20-11(17)7-5-9(13(19)22-3)15-10(16)6-4-8(14)12(18)21-2/h8-9H,4-7,14H2,1-3H3,(H,15,16). The number of esters is 3. The van der Waals surface area contributed by atoms with E-state index in [-0.39, 0.29) is 25.7 Å². The maximum absolute atomic E-state index is 11.8. The molecule has 9 nitrogen and oxygen atoms in total. The molecule has 2 unspecified atom stereocenters. The lowest BCUT2D eigenvalue weighted by molar-refractivity contribution is -0.147. The number of hydrogen-bond donors (Lipinski definition) is 2. The quantitative estimate of drug-likeness (QED) is 0.403. The minimum atomic E-state index is -0.967. The number of amides is 1. The van der Waals surface area contributed by atoms with Crippen molar-refractivity contribution >= 4 is 23.8 Å². The molecule has 0 aromatic carbocycles. The third-order valence-electron chi connectivity index (χ3n) is 2.87. The number of hydrogen-bond acceptors (Lipinski definition) is 8. The zero-order valence-corrected chi connectivity index (χ0v) is 12.9. The molecule has 0 aliphatic rings. The van der Waals surface area contributed by atoms with Gasteiger partial charge in [-0.1, -0.05) is 0 Å². The number of carbonyl (C=O) groups excluding carboxylic acids is 4. The molecule has 0 rings (SSSR count). The van der Waals surface area contributed by atoms with E-state index in [9.17, 15) is 19.2 Å². The third kappa shape index (κ3) is 7.58. The van der Waals surface area contributed by atoms with Crippen LogP contribution in [-0.4, -0.2) is 57.2 Å². The highest BCUT2D eigenvalue weighted by atomic mass is 16.5. The predicted molar refractivity (Wildman–Crippen MR) is 74.4 cm³/mol. The average Bonchev–Trinajstić information content (AvgIpc) is 2.54. The van der Waals surface area contributed by atoms with Gasteiger partial charge in [0.15, 0.2) is 0 Å². The molecule has 0 aliphatic carbocycles. The van der Waals surface area contributed by atoms with E-state index in [0.29, 0.717) is 0 Å². The van der Waals surface area contributed by atoms with Crippen molar-refractivity contribution in [1.29, 1.82) is 0 Å². The first-order chi connectivity index (χ1) is 10.3. The van der Waals surface area contributed by atoms with Crippen molar-refractivity contribution in [3.05, 3.63) is 0 Å². The summed E-state index contributed by atoms with van der Waals surface area (Å²) in [5.41, 5.74) is 5.50. The summed E-state index contributed by atoms with van der Waals surface area (Å²) < 4.78 is 13.5. The molecule has 0 fully saturated rings. The van der Waals surface area contributed by atoms with Gasteiger partial charge in [0.05, 0.1) is 21.3 Å². The van der Waals surface area contributed by atoms with Gasteiger partial charge in [0, 0.05) is 12.8 Å². The highest BCUT2D eigenvalue weighted by Gasteiger charge is 2.23. The Morgan fingerprint density at radius 3 is 2.00 bits per heavy atom. The molecular formula is C13H22N2O7. The van der Waals surface area contributed by atoms with Crippen LogP contribution in [-0.2, 0) is 33.4 Å². The van der Waals surface area contributed by atoms with Gasteiger partial charge < -0.3 is 25.3 Å². The number of methoxy groups -OCH3 is 3. The van der Waals surface area contributed by atoms with Crippen molar-refractivity contribution in [2.75, 3.05) is 21.3 Å². The molecule has 126 valence electrons. The summed E-state index contributed by atoms with van der Waals surface area (Å²) in [7, 11) is 3.59. The summed E-state index contributed by atoms with van der Waals surface area (Å²) in [5, 5.41) is 2.43. The van der Waals surface area contributed by atoms with Crippen LogP contribution in [0.15, 0.2) is 0 Å². The summed E-state index contributed by atoms with van der Waals surface area (Å²) in [6.45, 7) is 0. The normalized spacial score (nSPS) is 12.7. The summed E-state index contributed by atoms with van der Waals surface area (Å²) in [4.78, 5) is 45.5. The third-order valence-corrected chi connectivity index (χ3v) is 2.87. The number of nitrogens with two attached hydrogens (primary N) is 1. The van der Waals surface area contributed by atoms with Crippen LogP contribution in [0.3, 0.4) is 0 Å². The van der Waals surface area contributed by atoms with Crippen LogP contribution < -0.4 is 11.1 Å². The van der Waals surface area contributed by atoms with E-state index in [4.69, 9.17) is 5.73 Å². The molecule has 3 N–H and O–H groups in total. The second-order valence-corrected chi connectivity index (χ2v) is 4.43. The lowest BCUT2D eigenvalue weighted by Gasteiger charge is -2.16. The van der Waals surface area contributed by atoms with Crippen molar-refractivity contribution in [2.24, 2.45) is 5.73 Å². The minimum absolute atomic E-state index is 0.0434. The van der Waals surface area contributed by atoms with Gasteiger partial charge in [-0.25, -0.2) is 4.79 Å². The maximum Gasteiger partial charge on any atom is 0.328 e. The van der Waals surface area contributed by atoms with Crippen LogP contribution in [0.5, 0.6) is 0 Å². The number of ether oxygens (including phenoxy) is 3. The topological polar surface area (TPSA) is 134 Å². The molecule has 0 saturated heterocycles. The van der Waals surface area contributed by atoms with Crippen LogP contribution in [0.25, 0.3) is 0 Å². The van der Waals surface area contributed by atoms with E-state index in [2.05, 4.69) is 19.5 Å². The van der Waals surface area contributed by atoms with Gasteiger partial charge in [-0.05, 0) is 12.8 Å². The first-order valence-corrected chi connectivity index (χ1v) is 6.63. The SMILES string of the molecule is COC(=O)CCC(NC(=O)CCC(N)C(=O)OC)C(=O)OC. The van der Waals surface area contributed by atoms with Gasteiger partial charge in [0.2, 0.25) is 5.91 Å². The van der Waals surface area contributed by atoms with Crippen LogP contribution in [0, 0.1) is 0 Å². The van der Waals surface area contributed by atoms with Crippen molar-refractivity contribution in [3.63, 3.8) is 0 Å². The molecule has 22 heavy (non-hydrogen) atoms. The van der Waals surface area contributed by atoms with E-state index >= 15 is 0 Å². The molecule has 0 bridgehead atoms. The highest BCUT2D eigenvalue weighted by Crippen LogP contribution is 2.03. The molecule has 0 aromatic heterocycles. The fourth-order valence-electron chi connectivity index (χ4n) is 1.58. The lowest BCUT2D eigenvalue weighted by atomic mass is 10.1. The van der Waals surface area contributed by atoms with Gasteiger partial charge in [-0.15, -0.1) is 0 Å². The van der Waals surface area contributed by atoms with Crippen LogP contribution in [0.1, 0.15) is 25.7 Å². The first-order valence-electron chi connectivity index (χ1n) is 6.63. The molecule has 0 spiro atoms. The Morgan fingerprint density at radius 2 is 1.50 bits per heavy atom. The molecule has 2 atom stereocenters. The zero-order valence-electron chi connectivity index (χ0n) is 12.9. The molecular weight excluding hydrogens is 296 g/mol. The number of carbonyl (C=O) groups is 4. The van der Waals surface area contributed by atoms with Crippen LogP contribution in [0.4, 0.5) is 0 Å². The van der Waals surface area contributed by atoms with E-state index < -0.39 is 35.9 Å². The van der Waals surface area contributed by atoms with E-state index in [1.807, 2.05) is 0 Å². The fourth-order valence-corrected chi connectivity index (χ4v) is 1.58. The van der Waals surface area contributed by atoms with Crippen molar-refractivity contribution in [2.45, 2.75) is 37.8 Å². The van der Waals surface area contributed by atoms with Gasteiger partial charge >= 0.3 is 17.9 Å². The van der Waals surface area contributed by atoms with Crippen molar-refractivity contribution < 1.29 is 33.4 Å². The lowest BCUT2D eigenvalue weighted by Crippen LogP contribution is -2.42. The first kappa shape index (κ1) is 19.8. The number of nitrogens with one attached hydrogen (secondary N) is 1. The summed E-state index contributed by atoms with van der Waals surface area (Å²) in [6.07, 6.45) is 0.0117. The van der Waals surface area contributed by atoms with Gasteiger partial charge in [0.1, 0.15) is 12.1 Å². The Bertz CT molecular complexity index is 411. The molecule has 9 heteroatoms. The van der Waals surface area contributed by atoms with Crippen molar-refractivity contribution in [1.82, 2.24) is 5.32 Å². The monoisotopic (exact) mass is 318 g/mol. The predicted octanol–water partition coefficient (Wildman–Crippen LogP) is -1.12. The molecule has 0 heterocycles. The van der Waals surface area contributed by atoms with Crippen LogP contribution >= 0.6 is 0 Å². The van der Waals surface area contributed by atoms with Crippen molar-refractivity contribution in [3.8, 4) is 0 Å². The second-order valence-electron chi connectivity index (χ2n) is 4.43. The average molecular weight is 318 g/mol. The molecule has 0 radical (unpaired) electrons. The Hall–Kier alpha value is -2.16. The largest absolute Gasteiger partial charge is 0.469 e. The summed E-state index contributed by atoms with van der Waals surface area (Å²) in [5.74, 6) is -2.28. The molecule has 0 saturated carbocycles. The van der Waals surface area contributed by atoms with E-state index in [1.54, 1.807) is 0 Å². The van der Waals surface area contributed by atoms with E-state index in [1.165, 1.54) is 21.3 Å². The minimum Gasteiger partial charge on any atom is -0.469 e. The van der Waals surface area contributed by atoms with Gasteiger partial charge in [-0.2, -0.15) is 0 Å². The fraction of sp³-hybridized carbons (Fsp3) is 0.692. The summed E-state index contributed by atoms with van der Waals surface area (Å²) in [6, 6.07) is -1.88. The number of rotatable bonds is 9. The van der Waals surface area contributed by atoms with E-state index in [0.717, 1.165) is 0 Å². The van der Waals surface area contributed by atoms with Gasteiger partial charge in [-0.3, -0.25) is 14.4 Å². The van der Waals surface area contributed by atoms with Crippen LogP contribution in [0.2, 0.25) is 0 Å². The molecule has 0 aromatic rings. The smallest absolute Gasteiger partial charge is 0.328 e. The zero-order chi connectivity index (χ0) is 17.1. The Kier molecular flexibility index (Phi) is 9.51. The Morgan fingerprint density at radius 1 is 0.909 bits per heavy atom. The maximum atomic E-state index is 11.8.